The number of aromatic nitrogens is 1. The van der Waals surface area contributed by atoms with Crippen LogP contribution in [0.3, 0.4) is 0 Å². The van der Waals surface area contributed by atoms with Crippen molar-refractivity contribution in [3.8, 4) is 0 Å². The van der Waals surface area contributed by atoms with Crippen molar-refractivity contribution in [2.24, 2.45) is 0 Å². The molecular formula is C22H25F2N3O. The summed E-state index contributed by atoms with van der Waals surface area (Å²) in [5, 5.41) is 10.7. The van der Waals surface area contributed by atoms with E-state index in [9.17, 15) is 13.9 Å². The van der Waals surface area contributed by atoms with E-state index in [2.05, 4.69) is 33.1 Å². The second-order valence-corrected chi connectivity index (χ2v) is 7.48. The number of fused-ring (bicyclic) bond motifs is 1. The molecule has 4 rings (SSSR count). The number of benzene rings is 2. The van der Waals surface area contributed by atoms with Crippen LogP contribution in [-0.2, 0) is 13.1 Å². The minimum atomic E-state index is -0.820. The summed E-state index contributed by atoms with van der Waals surface area (Å²) in [5.41, 5.74) is 3.17. The number of hydrogen-bond donors (Lipinski definition) is 2. The van der Waals surface area contributed by atoms with Crippen molar-refractivity contribution in [2.45, 2.75) is 25.6 Å². The Morgan fingerprint density at radius 1 is 1.04 bits per heavy atom. The quantitative estimate of drug-likeness (QED) is 0.682. The molecule has 0 spiro atoms. The average Bonchev–Trinajstić information content (AvgIpc) is 3.10. The molecule has 3 aromatic rings. The van der Waals surface area contributed by atoms with Crippen molar-refractivity contribution in [1.82, 2.24) is 14.8 Å². The third-order valence-electron chi connectivity index (χ3n) is 5.59. The van der Waals surface area contributed by atoms with Gasteiger partial charge in [-0.15, -0.1) is 0 Å². The summed E-state index contributed by atoms with van der Waals surface area (Å²) in [4.78, 5) is 7.98. The lowest BCUT2D eigenvalue weighted by atomic mass is 10.1. The molecule has 1 atom stereocenters. The van der Waals surface area contributed by atoms with Crippen LogP contribution >= 0.6 is 0 Å². The molecule has 0 radical (unpaired) electrons. The fourth-order valence-corrected chi connectivity index (χ4v) is 4.11. The van der Waals surface area contributed by atoms with Crippen LogP contribution in [0.5, 0.6) is 0 Å². The van der Waals surface area contributed by atoms with E-state index in [-0.39, 0.29) is 12.6 Å². The second kappa shape index (κ2) is 8.39. The number of aliphatic hydroxyl groups is 1. The number of para-hydroxylation sites is 1. The highest BCUT2D eigenvalue weighted by Crippen LogP contribution is 2.23. The lowest BCUT2D eigenvalue weighted by Crippen LogP contribution is -2.52. The van der Waals surface area contributed by atoms with Gasteiger partial charge in [0.2, 0.25) is 0 Å². The summed E-state index contributed by atoms with van der Waals surface area (Å²) in [7, 11) is 0. The first-order valence-electron chi connectivity index (χ1n) is 9.70. The molecule has 1 aliphatic rings. The van der Waals surface area contributed by atoms with Gasteiger partial charge in [-0.3, -0.25) is 9.80 Å². The Bertz CT molecular complexity index is 942. The first-order chi connectivity index (χ1) is 13.6. The van der Waals surface area contributed by atoms with Gasteiger partial charge in [0.25, 0.3) is 0 Å². The fourth-order valence-electron chi connectivity index (χ4n) is 4.11. The minimum absolute atomic E-state index is 0.111. The van der Waals surface area contributed by atoms with Gasteiger partial charge in [-0.05, 0) is 35.7 Å². The highest BCUT2D eigenvalue weighted by atomic mass is 19.2. The Hall–Kier alpha value is -2.28. The van der Waals surface area contributed by atoms with E-state index >= 15 is 0 Å². The molecule has 2 heterocycles. The van der Waals surface area contributed by atoms with Crippen LogP contribution in [0, 0.1) is 11.6 Å². The molecular weight excluding hydrogens is 360 g/mol. The molecule has 0 saturated carbocycles. The molecule has 1 saturated heterocycles. The molecule has 1 aliphatic heterocycles. The van der Waals surface area contributed by atoms with Gasteiger partial charge in [-0.2, -0.15) is 0 Å². The largest absolute Gasteiger partial charge is 0.396 e. The predicted molar refractivity (Wildman–Crippen MR) is 106 cm³/mol. The second-order valence-electron chi connectivity index (χ2n) is 7.48. The van der Waals surface area contributed by atoms with Crippen molar-refractivity contribution in [1.29, 1.82) is 0 Å². The number of aromatic amines is 1. The smallest absolute Gasteiger partial charge is 0.159 e. The predicted octanol–water partition coefficient (Wildman–Crippen LogP) is 3.51. The molecule has 0 aliphatic carbocycles. The van der Waals surface area contributed by atoms with Crippen LogP contribution in [0.4, 0.5) is 8.78 Å². The minimum Gasteiger partial charge on any atom is -0.396 e. The number of piperazine rings is 1. The van der Waals surface area contributed by atoms with Crippen molar-refractivity contribution in [3.05, 3.63) is 71.4 Å². The maximum Gasteiger partial charge on any atom is 0.159 e. The maximum atomic E-state index is 13.5. The Morgan fingerprint density at radius 2 is 1.89 bits per heavy atom. The van der Waals surface area contributed by atoms with E-state index in [0.29, 0.717) is 13.0 Å². The number of aliphatic hydroxyl groups excluding tert-OH is 1. The Kier molecular flexibility index (Phi) is 5.71. The number of halogens is 2. The molecule has 0 bridgehead atoms. The lowest BCUT2D eigenvalue weighted by Gasteiger charge is -2.41. The zero-order valence-electron chi connectivity index (χ0n) is 15.7. The van der Waals surface area contributed by atoms with Gasteiger partial charge >= 0.3 is 0 Å². The third kappa shape index (κ3) is 4.09. The monoisotopic (exact) mass is 385 g/mol. The average molecular weight is 385 g/mol. The lowest BCUT2D eigenvalue weighted by molar-refractivity contribution is 0.0501. The van der Waals surface area contributed by atoms with Crippen LogP contribution < -0.4 is 0 Å². The van der Waals surface area contributed by atoms with E-state index in [0.717, 1.165) is 37.3 Å². The Balaban J connectivity index is 1.44. The first-order valence-corrected chi connectivity index (χ1v) is 9.70. The standard InChI is InChI=1S/C22H25F2N3O/c23-20-6-5-16(11-21(20)24)13-27-9-8-26(15-18(27)7-10-28)14-17-12-25-22-4-2-1-3-19(17)22/h1-6,11-12,18,25,28H,7-10,13-15H2. The summed E-state index contributed by atoms with van der Waals surface area (Å²) >= 11 is 0. The van der Waals surface area contributed by atoms with Crippen LogP contribution in [0.1, 0.15) is 17.5 Å². The summed E-state index contributed by atoms with van der Waals surface area (Å²) in [6.07, 6.45) is 2.73. The topological polar surface area (TPSA) is 42.5 Å². The van der Waals surface area contributed by atoms with E-state index in [1.54, 1.807) is 6.07 Å². The molecule has 1 unspecified atom stereocenters. The molecule has 6 heteroatoms. The number of nitrogens with one attached hydrogen (secondary N) is 1. The first kappa shape index (κ1) is 19.1. The van der Waals surface area contributed by atoms with Gasteiger partial charge in [-0.1, -0.05) is 24.3 Å². The SMILES string of the molecule is OCCC1CN(Cc2c[nH]c3ccccc23)CCN1Cc1ccc(F)c(F)c1. The zero-order valence-corrected chi connectivity index (χ0v) is 15.7. The van der Waals surface area contributed by atoms with E-state index in [1.165, 1.54) is 23.1 Å². The molecule has 2 N–H and O–H groups in total. The summed E-state index contributed by atoms with van der Waals surface area (Å²) < 4.78 is 26.7. The van der Waals surface area contributed by atoms with E-state index in [1.807, 2.05) is 12.1 Å². The third-order valence-corrected chi connectivity index (χ3v) is 5.59. The van der Waals surface area contributed by atoms with Crippen LogP contribution in [-0.4, -0.2) is 52.2 Å². The molecule has 1 aromatic heterocycles. The Labute approximate surface area is 163 Å². The molecule has 28 heavy (non-hydrogen) atoms. The van der Waals surface area contributed by atoms with Gasteiger partial charge < -0.3 is 10.1 Å². The molecule has 4 nitrogen and oxygen atoms in total. The number of H-pyrrole nitrogens is 1. The van der Waals surface area contributed by atoms with Crippen molar-refractivity contribution < 1.29 is 13.9 Å². The van der Waals surface area contributed by atoms with E-state index in [4.69, 9.17) is 0 Å². The van der Waals surface area contributed by atoms with Crippen molar-refractivity contribution in [3.63, 3.8) is 0 Å². The van der Waals surface area contributed by atoms with Gasteiger partial charge in [0.15, 0.2) is 11.6 Å². The van der Waals surface area contributed by atoms with Crippen LogP contribution in [0.15, 0.2) is 48.7 Å². The van der Waals surface area contributed by atoms with Crippen LogP contribution in [0.25, 0.3) is 10.9 Å². The molecule has 148 valence electrons. The van der Waals surface area contributed by atoms with Crippen LogP contribution in [0.2, 0.25) is 0 Å². The molecule has 0 amide bonds. The molecule has 2 aromatic carbocycles. The number of nitrogens with zero attached hydrogens (tertiary/aromatic N) is 2. The number of hydrogen-bond acceptors (Lipinski definition) is 3. The zero-order chi connectivity index (χ0) is 19.5. The van der Waals surface area contributed by atoms with Gasteiger partial charge in [0, 0.05) is 62.5 Å². The highest BCUT2D eigenvalue weighted by Gasteiger charge is 2.27. The summed E-state index contributed by atoms with van der Waals surface area (Å²) in [5.74, 6) is -1.63. The van der Waals surface area contributed by atoms with E-state index < -0.39 is 11.6 Å². The Morgan fingerprint density at radius 3 is 2.71 bits per heavy atom. The molecule has 1 fully saturated rings. The van der Waals surface area contributed by atoms with Crippen molar-refractivity contribution in [2.75, 3.05) is 26.2 Å². The summed E-state index contributed by atoms with van der Waals surface area (Å²) in [6, 6.07) is 12.5. The van der Waals surface area contributed by atoms with Crippen molar-refractivity contribution >= 4 is 10.9 Å². The van der Waals surface area contributed by atoms with Gasteiger partial charge in [0.05, 0.1) is 0 Å². The highest BCUT2D eigenvalue weighted by molar-refractivity contribution is 5.82. The normalized spacial score (nSPS) is 18.8. The fraction of sp³-hybridized carbons (Fsp3) is 0.364. The maximum absolute atomic E-state index is 13.5. The van der Waals surface area contributed by atoms with Gasteiger partial charge in [-0.25, -0.2) is 8.78 Å². The summed E-state index contributed by atoms with van der Waals surface area (Å²) in [6.45, 7) is 4.08. The number of rotatable bonds is 6. The van der Waals surface area contributed by atoms with Gasteiger partial charge in [0.1, 0.15) is 0 Å².